The molecule has 24 heavy (non-hydrogen) atoms. The summed E-state index contributed by atoms with van der Waals surface area (Å²) in [4.78, 5) is 13.7. The van der Waals surface area contributed by atoms with Gasteiger partial charge >= 0.3 is 0 Å². The van der Waals surface area contributed by atoms with Gasteiger partial charge in [0.1, 0.15) is 17.1 Å². The molecule has 1 aliphatic carbocycles. The molecule has 1 aromatic rings. The summed E-state index contributed by atoms with van der Waals surface area (Å²) in [6, 6.07) is 0. The highest BCUT2D eigenvalue weighted by Gasteiger charge is 2.30. The lowest BCUT2D eigenvalue weighted by Gasteiger charge is -2.22. The Morgan fingerprint density at radius 3 is 3.08 bits per heavy atom. The fourth-order valence-electron chi connectivity index (χ4n) is 3.30. The smallest absolute Gasteiger partial charge is 0.148 e. The highest BCUT2D eigenvalue weighted by Crippen LogP contribution is 2.31. The molecule has 3 unspecified atom stereocenters. The Kier molecular flexibility index (Phi) is 4.45. The summed E-state index contributed by atoms with van der Waals surface area (Å²) in [6.45, 7) is 1.71. The minimum Gasteiger partial charge on any atom is -0.367 e. The standard InChI is InChI=1S/C18H20ClN5/c19-15-11-22-18-17(24-15)13(10-21-18)14-7-4-8-16(23-14)20-9-12-5-2-1-3-6-12/h1-5,7,11-13,16,20H,6,8-10H2,(H,21,22). The van der Waals surface area contributed by atoms with E-state index in [1.807, 2.05) is 0 Å². The maximum Gasteiger partial charge on any atom is 0.148 e. The summed E-state index contributed by atoms with van der Waals surface area (Å²) in [5.41, 5.74) is 1.94. The van der Waals surface area contributed by atoms with Gasteiger partial charge in [-0.05, 0) is 18.4 Å². The van der Waals surface area contributed by atoms with Crippen LogP contribution in [0.25, 0.3) is 0 Å². The molecule has 0 bridgehead atoms. The lowest BCUT2D eigenvalue weighted by molar-refractivity contribution is 0.477. The number of rotatable bonds is 4. The zero-order valence-corrected chi connectivity index (χ0v) is 14.1. The summed E-state index contributed by atoms with van der Waals surface area (Å²) in [6.07, 6.45) is 16.7. The molecule has 3 aliphatic rings. The Hall–Kier alpha value is -1.98. The van der Waals surface area contributed by atoms with Crippen LogP contribution in [0.3, 0.4) is 0 Å². The van der Waals surface area contributed by atoms with Gasteiger partial charge in [0, 0.05) is 25.2 Å². The van der Waals surface area contributed by atoms with Crippen LogP contribution >= 0.6 is 11.6 Å². The van der Waals surface area contributed by atoms with Crippen molar-refractivity contribution in [3.8, 4) is 0 Å². The van der Waals surface area contributed by atoms with Gasteiger partial charge in [-0.2, -0.15) is 0 Å². The average molecular weight is 342 g/mol. The van der Waals surface area contributed by atoms with Gasteiger partial charge in [-0.15, -0.1) is 0 Å². The Morgan fingerprint density at radius 1 is 1.25 bits per heavy atom. The van der Waals surface area contributed by atoms with E-state index >= 15 is 0 Å². The van der Waals surface area contributed by atoms with Crippen molar-refractivity contribution in [3.63, 3.8) is 0 Å². The van der Waals surface area contributed by atoms with E-state index in [0.717, 1.165) is 43.2 Å². The molecular weight excluding hydrogens is 322 g/mol. The number of nitrogens with one attached hydrogen (secondary N) is 2. The third-order valence-electron chi connectivity index (χ3n) is 4.57. The molecule has 0 saturated carbocycles. The molecule has 0 aromatic carbocycles. The van der Waals surface area contributed by atoms with Crippen molar-refractivity contribution in [2.75, 3.05) is 18.4 Å². The summed E-state index contributed by atoms with van der Waals surface area (Å²) >= 11 is 6.01. The second kappa shape index (κ2) is 6.87. The molecule has 1 aromatic heterocycles. The van der Waals surface area contributed by atoms with E-state index in [1.54, 1.807) is 6.20 Å². The fourth-order valence-corrected chi connectivity index (χ4v) is 3.44. The Labute approximate surface area is 146 Å². The van der Waals surface area contributed by atoms with Crippen molar-refractivity contribution in [1.29, 1.82) is 0 Å². The lowest BCUT2D eigenvalue weighted by Crippen LogP contribution is -2.34. The van der Waals surface area contributed by atoms with E-state index in [0.29, 0.717) is 11.1 Å². The molecule has 4 rings (SSSR count). The van der Waals surface area contributed by atoms with Gasteiger partial charge in [-0.25, -0.2) is 9.97 Å². The summed E-state index contributed by atoms with van der Waals surface area (Å²) in [5, 5.41) is 7.29. The van der Waals surface area contributed by atoms with Crippen molar-refractivity contribution in [2.45, 2.75) is 24.9 Å². The van der Waals surface area contributed by atoms with Gasteiger partial charge in [-0.1, -0.05) is 42.0 Å². The molecule has 0 fully saturated rings. The van der Waals surface area contributed by atoms with E-state index in [9.17, 15) is 0 Å². The van der Waals surface area contributed by atoms with Crippen LogP contribution in [0.2, 0.25) is 5.15 Å². The number of aromatic nitrogens is 2. The van der Waals surface area contributed by atoms with E-state index in [4.69, 9.17) is 16.6 Å². The molecule has 2 aliphatic heterocycles. The molecule has 124 valence electrons. The monoisotopic (exact) mass is 341 g/mol. The highest BCUT2D eigenvalue weighted by atomic mass is 35.5. The molecular formula is C18H20ClN5. The van der Waals surface area contributed by atoms with Gasteiger partial charge in [0.05, 0.1) is 17.8 Å². The van der Waals surface area contributed by atoms with Crippen LogP contribution in [-0.4, -0.2) is 34.9 Å². The third kappa shape index (κ3) is 3.28. The minimum atomic E-state index is 0.115. The maximum absolute atomic E-state index is 6.01. The van der Waals surface area contributed by atoms with E-state index < -0.39 is 0 Å². The molecule has 6 heteroatoms. The number of nitrogens with zero attached hydrogens (tertiary/aromatic N) is 3. The number of allylic oxidation sites excluding steroid dienone is 4. The van der Waals surface area contributed by atoms with Crippen LogP contribution in [0.15, 0.2) is 47.6 Å². The third-order valence-corrected chi connectivity index (χ3v) is 4.75. The van der Waals surface area contributed by atoms with Gasteiger partial charge in [0.15, 0.2) is 0 Å². The first kappa shape index (κ1) is 15.5. The molecule has 0 spiro atoms. The van der Waals surface area contributed by atoms with Gasteiger partial charge < -0.3 is 5.32 Å². The first-order valence-electron chi connectivity index (χ1n) is 8.37. The number of anilines is 1. The fraction of sp³-hybridized carbons (Fsp3) is 0.389. The van der Waals surface area contributed by atoms with Crippen molar-refractivity contribution in [1.82, 2.24) is 15.3 Å². The molecule has 3 atom stereocenters. The summed E-state index contributed by atoms with van der Waals surface area (Å²) < 4.78 is 0. The number of dihydropyridines is 1. The van der Waals surface area contributed by atoms with Crippen LogP contribution < -0.4 is 10.6 Å². The quantitative estimate of drug-likeness (QED) is 0.883. The average Bonchev–Trinajstić information content (AvgIpc) is 3.04. The van der Waals surface area contributed by atoms with Gasteiger partial charge in [-0.3, -0.25) is 10.3 Å². The molecule has 0 radical (unpaired) electrons. The van der Waals surface area contributed by atoms with E-state index in [2.05, 4.69) is 57.1 Å². The number of halogens is 1. The van der Waals surface area contributed by atoms with E-state index in [-0.39, 0.29) is 12.1 Å². The molecule has 5 nitrogen and oxygen atoms in total. The number of hydrogen-bond donors (Lipinski definition) is 2. The van der Waals surface area contributed by atoms with Gasteiger partial charge in [0.2, 0.25) is 0 Å². The van der Waals surface area contributed by atoms with Crippen LogP contribution in [0, 0.1) is 5.92 Å². The van der Waals surface area contributed by atoms with Crippen LogP contribution in [0.5, 0.6) is 0 Å². The Morgan fingerprint density at radius 2 is 2.21 bits per heavy atom. The zero-order valence-electron chi connectivity index (χ0n) is 13.3. The van der Waals surface area contributed by atoms with Crippen molar-refractivity contribution in [3.05, 3.63) is 53.5 Å². The second-order valence-corrected chi connectivity index (χ2v) is 6.67. The topological polar surface area (TPSA) is 62.2 Å². The lowest BCUT2D eigenvalue weighted by atomic mass is 9.98. The van der Waals surface area contributed by atoms with Crippen molar-refractivity contribution < 1.29 is 0 Å². The van der Waals surface area contributed by atoms with Crippen LogP contribution in [0.4, 0.5) is 5.82 Å². The van der Waals surface area contributed by atoms with Crippen LogP contribution in [-0.2, 0) is 0 Å². The minimum absolute atomic E-state index is 0.115. The SMILES string of the molecule is Clc1cnc2c(n1)C(C1=NC(NCC3C=CC=CC3)CC=C1)CN2. The Bertz CT molecular complexity index is 737. The maximum atomic E-state index is 6.01. The van der Waals surface area contributed by atoms with Crippen LogP contribution in [0.1, 0.15) is 24.5 Å². The predicted octanol–water partition coefficient (Wildman–Crippen LogP) is 3.09. The summed E-state index contributed by atoms with van der Waals surface area (Å²) in [7, 11) is 0. The first-order chi connectivity index (χ1) is 11.8. The highest BCUT2D eigenvalue weighted by molar-refractivity contribution is 6.29. The predicted molar refractivity (Wildman–Crippen MR) is 97.6 cm³/mol. The Balaban J connectivity index is 1.45. The molecule has 3 heterocycles. The number of fused-ring (bicyclic) bond motifs is 1. The summed E-state index contributed by atoms with van der Waals surface area (Å²) in [5.74, 6) is 1.48. The largest absolute Gasteiger partial charge is 0.367 e. The van der Waals surface area contributed by atoms with E-state index in [1.165, 1.54) is 0 Å². The number of aliphatic imine (C=N–C) groups is 1. The first-order valence-corrected chi connectivity index (χ1v) is 8.74. The molecule has 2 N–H and O–H groups in total. The zero-order chi connectivity index (χ0) is 16.4. The normalized spacial score (nSPS) is 27.7. The molecule has 0 amide bonds. The van der Waals surface area contributed by atoms with Crippen molar-refractivity contribution in [2.24, 2.45) is 10.9 Å². The second-order valence-electron chi connectivity index (χ2n) is 6.28. The molecule has 0 saturated heterocycles. The number of hydrogen-bond acceptors (Lipinski definition) is 5. The van der Waals surface area contributed by atoms with Crippen molar-refractivity contribution >= 4 is 23.1 Å². The van der Waals surface area contributed by atoms with Gasteiger partial charge in [0.25, 0.3) is 0 Å².